The number of nitrogens with zero attached hydrogens (tertiary/aromatic N) is 4. The van der Waals surface area contributed by atoms with E-state index in [9.17, 15) is 4.79 Å². The van der Waals surface area contributed by atoms with Gasteiger partial charge in [-0.1, -0.05) is 0 Å². The molecule has 0 bridgehead atoms. The van der Waals surface area contributed by atoms with Gasteiger partial charge < -0.3 is 10.2 Å². The molecule has 0 saturated carbocycles. The standard InChI is InChI=1S/C14H17N5OS/c1-10(20)17-14-18-12(9-21-14)11-3-2-6-19(8-11)13-7-15-4-5-16-13/h4-5,7,9,11H,2-3,6,8H2,1H3,(H,17,18,20). The van der Waals surface area contributed by atoms with Gasteiger partial charge in [-0.3, -0.25) is 9.78 Å². The Hall–Kier alpha value is -2.02. The summed E-state index contributed by atoms with van der Waals surface area (Å²) in [6, 6.07) is 0. The maximum absolute atomic E-state index is 11.1. The van der Waals surface area contributed by atoms with E-state index in [4.69, 9.17) is 0 Å². The molecule has 1 aliphatic heterocycles. The molecule has 1 aliphatic rings. The highest BCUT2D eigenvalue weighted by Crippen LogP contribution is 2.30. The molecule has 110 valence electrons. The van der Waals surface area contributed by atoms with Gasteiger partial charge >= 0.3 is 0 Å². The number of carbonyl (C=O) groups excluding carboxylic acids is 1. The zero-order valence-corrected chi connectivity index (χ0v) is 12.6. The third-order valence-corrected chi connectivity index (χ3v) is 4.29. The van der Waals surface area contributed by atoms with Crippen LogP contribution in [0, 0.1) is 0 Å². The summed E-state index contributed by atoms with van der Waals surface area (Å²) < 4.78 is 0. The Balaban J connectivity index is 1.71. The number of anilines is 2. The van der Waals surface area contributed by atoms with E-state index in [1.165, 1.54) is 18.3 Å². The molecule has 1 saturated heterocycles. The molecule has 21 heavy (non-hydrogen) atoms. The maximum atomic E-state index is 11.1. The second-order valence-electron chi connectivity index (χ2n) is 5.11. The first-order valence-corrected chi connectivity index (χ1v) is 7.84. The van der Waals surface area contributed by atoms with Crippen molar-refractivity contribution < 1.29 is 4.79 Å². The van der Waals surface area contributed by atoms with Crippen LogP contribution in [0.4, 0.5) is 10.9 Å². The quantitative estimate of drug-likeness (QED) is 0.942. The van der Waals surface area contributed by atoms with Gasteiger partial charge in [0.15, 0.2) is 5.13 Å². The molecule has 7 heteroatoms. The highest BCUT2D eigenvalue weighted by Gasteiger charge is 2.24. The van der Waals surface area contributed by atoms with Crippen molar-refractivity contribution in [2.75, 3.05) is 23.3 Å². The molecule has 0 aliphatic carbocycles. The Morgan fingerprint density at radius 3 is 3.14 bits per heavy atom. The van der Waals surface area contributed by atoms with Crippen molar-refractivity contribution in [3.63, 3.8) is 0 Å². The van der Waals surface area contributed by atoms with Gasteiger partial charge in [0.05, 0.1) is 11.9 Å². The molecular weight excluding hydrogens is 286 g/mol. The van der Waals surface area contributed by atoms with Crippen LogP contribution in [-0.2, 0) is 4.79 Å². The van der Waals surface area contributed by atoms with Gasteiger partial charge in [-0.05, 0) is 12.8 Å². The zero-order valence-electron chi connectivity index (χ0n) is 11.8. The van der Waals surface area contributed by atoms with Crippen LogP contribution in [0.3, 0.4) is 0 Å². The van der Waals surface area contributed by atoms with E-state index >= 15 is 0 Å². The van der Waals surface area contributed by atoms with Gasteiger partial charge in [0.1, 0.15) is 5.82 Å². The summed E-state index contributed by atoms with van der Waals surface area (Å²) in [6.45, 7) is 3.39. The summed E-state index contributed by atoms with van der Waals surface area (Å²) >= 11 is 1.48. The van der Waals surface area contributed by atoms with E-state index in [0.717, 1.165) is 37.4 Å². The normalized spacial score (nSPS) is 18.5. The lowest BCUT2D eigenvalue weighted by molar-refractivity contribution is -0.114. The second-order valence-corrected chi connectivity index (χ2v) is 5.97. The third kappa shape index (κ3) is 3.36. The monoisotopic (exact) mass is 303 g/mol. The van der Waals surface area contributed by atoms with Gasteiger partial charge in [0.2, 0.25) is 5.91 Å². The van der Waals surface area contributed by atoms with Crippen LogP contribution in [0.5, 0.6) is 0 Å². The summed E-state index contributed by atoms with van der Waals surface area (Å²) in [6.07, 6.45) is 7.42. The topological polar surface area (TPSA) is 71.0 Å². The van der Waals surface area contributed by atoms with Gasteiger partial charge in [-0.15, -0.1) is 11.3 Å². The molecule has 1 fully saturated rings. The van der Waals surface area contributed by atoms with E-state index < -0.39 is 0 Å². The van der Waals surface area contributed by atoms with Crippen molar-refractivity contribution in [2.24, 2.45) is 0 Å². The fourth-order valence-electron chi connectivity index (χ4n) is 2.56. The Labute approximate surface area is 127 Å². The summed E-state index contributed by atoms with van der Waals surface area (Å²) in [7, 11) is 0. The van der Waals surface area contributed by atoms with Crippen LogP contribution >= 0.6 is 11.3 Å². The number of aromatic nitrogens is 3. The summed E-state index contributed by atoms with van der Waals surface area (Å²) in [5, 5.41) is 5.45. The Kier molecular flexibility index (Phi) is 4.10. The highest BCUT2D eigenvalue weighted by atomic mass is 32.1. The SMILES string of the molecule is CC(=O)Nc1nc(C2CCCN(c3cnccn3)C2)cs1. The number of carbonyl (C=O) groups is 1. The third-order valence-electron chi connectivity index (χ3n) is 3.52. The van der Waals surface area contributed by atoms with Gasteiger partial charge in [0, 0.05) is 43.7 Å². The summed E-state index contributed by atoms with van der Waals surface area (Å²) in [5.74, 6) is 1.21. The van der Waals surface area contributed by atoms with E-state index in [1.54, 1.807) is 18.6 Å². The molecule has 2 aromatic heterocycles. The van der Waals surface area contributed by atoms with Crippen molar-refractivity contribution in [3.8, 4) is 0 Å². The average molecular weight is 303 g/mol. The molecule has 3 heterocycles. The van der Waals surface area contributed by atoms with Gasteiger partial charge in [0.25, 0.3) is 0 Å². The smallest absolute Gasteiger partial charge is 0.223 e. The lowest BCUT2D eigenvalue weighted by atomic mass is 9.95. The van der Waals surface area contributed by atoms with Crippen molar-refractivity contribution in [2.45, 2.75) is 25.7 Å². The fraction of sp³-hybridized carbons (Fsp3) is 0.429. The number of piperidine rings is 1. The Morgan fingerprint density at radius 2 is 2.38 bits per heavy atom. The maximum Gasteiger partial charge on any atom is 0.223 e. The van der Waals surface area contributed by atoms with Crippen LogP contribution in [0.1, 0.15) is 31.4 Å². The number of amides is 1. The van der Waals surface area contributed by atoms with Crippen LogP contribution < -0.4 is 10.2 Å². The van der Waals surface area contributed by atoms with E-state index in [2.05, 4.69) is 25.2 Å². The van der Waals surface area contributed by atoms with Crippen LogP contribution in [0.25, 0.3) is 0 Å². The lowest BCUT2D eigenvalue weighted by Gasteiger charge is -2.32. The molecule has 0 spiro atoms. The molecule has 1 atom stereocenters. The molecule has 1 amide bonds. The number of rotatable bonds is 3. The van der Waals surface area contributed by atoms with Crippen molar-refractivity contribution >= 4 is 28.2 Å². The Bertz CT molecular complexity index is 615. The van der Waals surface area contributed by atoms with Crippen molar-refractivity contribution in [1.29, 1.82) is 0 Å². The van der Waals surface area contributed by atoms with E-state index in [-0.39, 0.29) is 5.91 Å². The molecule has 2 aromatic rings. The average Bonchev–Trinajstić information content (AvgIpc) is 2.96. The van der Waals surface area contributed by atoms with E-state index in [0.29, 0.717) is 11.0 Å². The minimum Gasteiger partial charge on any atom is -0.355 e. The molecule has 0 radical (unpaired) electrons. The number of hydrogen-bond acceptors (Lipinski definition) is 6. The predicted molar refractivity (Wildman–Crippen MR) is 82.6 cm³/mol. The fourth-order valence-corrected chi connectivity index (χ4v) is 3.40. The first-order chi connectivity index (χ1) is 10.2. The molecule has 6 nitrogen and oxygen atoms in total. The number of thiazole rings is 1. The summed E-state index contributed by atoms with van der Waals surface area (Å²) in [5.41, 5.74) is 1.05. The largest absolute Gasteiger partial charge is 0.355 e. The van der Waals surface area contributed by atoms with Crippen LogP contribution in [0.2, 0.25) is 0 Å². The predicted octanol–water partition coefficient (Wildman–Crippen LogP) is 2.28. The first-order valence-electron chi connectivity index (χ1n) is 6.96. The molecule has 1 unspecified atom stereocenters. The van der Waals surface area contributed by atoms with Crippen molar-refractivity contribution in [3.05, 3.63) is 29.7 Å². The first kappa shape index (κ1) is 13.9. The highest BCUT2D eigenvalue weighted by molar-refractivity contribution is 7.13. The molecule has 3 rings (SSSR count). The minimum atomic E-state index is -0.0827. The number of nitrogens with one attached hydrogen (secondary N) is 1. The lowest BCUT2D eigenvalue weighted by Crippen LogP contribution is -2.35. The van der Waals surface area contributed by atoms with Crippen LogP contribution in [-0.4, -0.2) is 33.9 Å². The molecule has 0 aromatic carbocycles. The van der Waals surface area contributed by atoms with Gasteiger partial charge in [-0.2, -0.15) is 0 Å². The van der Waals surface area contributed by atoms with Crippen LogP contribution in [0.15, 0.2) is 24.0 Å². The van der Waals surface area contributed by atoms with Crippen molar-refractivity contribution in [1.82, 2.24) is 15.0 Å². The molecule has 1 N–H and O–H groups in total. The summed E-state index contributed by atoms with van der Waals surface area (Å²) in [4.78, 5) is 26.3. The number of hydrogen-bond donors (Lipinski definition) is 1. The molecular formula is C14H17N5OS. The van der Waals surface area contributed by atoms with Gasteiger partial charge in [-0.25, -0.2) is 9.97 Å². The minimum absolute atomic E-state index is 0.0827. The Morgan fingerprint density at radius 1 is 1.48 bits per heavy atom. The second kappa shape index (κ2) is 6.17. The zero-order chi connectivity index (χ0) is 14.7. The van der Waals surface area contributed by atoms with E-state index in [1.807, 2.05) is 5.38 Å².